The number of hydrogen-bond donors (Lipinski definition) is 1. The number of anilines is 1. The second-order valence-corrected chi connectivity index (χ2v) is 7.06. The summed E-state index contributed by atoms with van der Waals surface area (Å²) < 4.78 is 27.6. The van der Waals surface area contributed by atoms with E-state index in [2.05, 4.69) is 20.0 Å². The van der Waals surface area contributed by atoms with E-state index in [4.69, 9.17) is 0 Å². The minimum atomic E-state index is -3.31. The normalized spacial score (nSPS) is 15.7. The lowest BCUT2D eigenvalue weighted by Crippen LogP contribution is -2.28. The number of nitrogens with one attached hydrogen (secondary N) is 1. The van der Waals surface area contributed by atoms with Gasteiger partial charge in [0.1, 0.15) is 5.69 Å². The number of hydrogen-bond acceptors (Lipinski definition) is 5. The van der Waals surface area contributed by atoms with E-state index in [1.807, 2.05) is 42.5 Å². The summed E-state index contributed by atoms with van der Waals surface area (Å²) in [5, 5.41) is 8.11. The molecule has 0 atom stereocenters. The summed E-state index contributed by atoms with van der Waals surface area (Å²) in [5.41, 5.74) is 3.19. The molecule has 116 valence electrons. The van der Waals surface area contributed by atoms with Crippen LogP contribution in [0, 0.1) is 0 Å². The van der Waals surface area contributed by atoms with Crippen LogP contribution in [-0.2, 0) is 16.6 Å². The molecule has 0 radical (unpaired) electrons. The van der Waals surface area contributed by atoms with E-state index in [0.29, 0.717) is 18.1 Å². The maximum absolute atomic E-state index is 11.7. The number of nitrogens with zero attached hydrogens (tertiary/aromatic N) is 4. The highest BCUT2D eigenvalue weighted by molar-refractivity contribution is 7.92. The Labute approximate surface area is 133 Å². The lowest BCUT2D eigenvalue weighted by atomic mass is 10.1. The Morgan fingerprint density at radius 3 is 2.57 bits per heavy atom. The molecule has 0 saturated carbocycles. The predicted molar refractivity (Wildman–Crippen MR) is 86.1 cm³/mol. The number of rotatable bonds is 2. The van der Waals surface area contributed by atoms with Crippen LogP contribution in [0.4, 0.5) is 5.82 Å². The van der Waals surface area contributed by atoms with Crippen molar-refractivity contribution in [1.29, 1.82) is 0 Å². The van der Waals surface area contributed by atoms with Crippen LogP contribution < -0.4 is 4.72 Å². The fourth-order valence-electron chi connectivity index (χ4n) is 2.50. The standard InChI is InChI=1S/C15H13N5O2S/c21-23(22)10-9-20-15(18-23)14(17-19-20)12-6-4-11(5-7-12)13-3-1-2-8-16-13/h1-8,18H,9-10H2. The molecule has 0 amide bonds. The molecule has 0 fully saturated rings. The maximum atomic E-state index is 11.7. The molecule has 4 rings (SSSR count). The van der Waals surface area contributed by atoms with E-state index in [0.717, 1.165) is 16.8 Å². The third kappa shape index (κ3) is 2.57. The molecule has 0 spiro atoms. The fraction of sp³-hybridized carbons (Fsp3) is 0.133. The van der Waals surface area contributed by atoms with Crippen LogP contribution in [0.2, 0.25) is 0 Å². The molecule has 8 heteroatoms. The van der Waals surface area contributed by atoms with Crippen LogP contribution in [-0.4, -0.2) is 34.1 Å². The highest BCUT2D eigenvalue weighted by atomic mass is 32.2. The van der Waals surface area contributed by atoms with Gasteiger partial charge < -0.3 is 0 Å². The van der Waals surface area contributed by atoms with Crippen LogP contribution in [0.3, 0.4) is 0 Å². The number of benzene rings is 1. The molecule has 0 saturated heterocycles. The van der Waals surface area contributed by atoms with Gasteiger partial charge in [0.15, 0.2) is 5.82 Å². The highest BCUT2D eigenvalue weighted by Gasteiger charge is 2.25. The Bertz CT molecular complexity index is 949. The summed E-state index contributed by atoms with van der Waals surface area (Å²) >= 11 is 0. The van der Waals surface area contributed by atoms with Crippen molar-refractivity contribution in [2.75, 3.05) is 10.5 Å². The van der Waals surface area contributed by atoms with Gasteiger partial charge in [-0.1, -0.05) is 35.5 Å². The van der Waals surface area contributed by atoms with E-state index >= 15 is 0 Å². The Kier molecular flexibility index (Phi) is 3.12. The maximum Gasteiger partial charge on any atom is 0.235 e. The van der Waals surface area contributed by atoms with E-state index < -0.39 is 10.0 Å². The molecule has 1 aromatic carbocycles. The average molecular weight is 327 g/mol. The number of pyridine rings is 1. The van der Waals surface area contributed by atoms with Crippen LogP contribution in [0.5, 0.6) is 0 Å². The van der Waals surface area contributed by atoms with Gasteiger partial charge in [-0.15, -0.1) is 5.10 Å². The molecule has 1 N–H and O–H groups in total. The smallest absolute Gasteiger partial charge is 0.235 e. The number of aromatic nitrogens is 4. The number of fused-ring (bicyclic) bond motifs is 1. The zero-order valence-corrected chi connectivity index (χ0v) is 12.9. The quantitative estimate of drug-likeness (QED) is 0.774. The molecular formula is C15H13N5O2S. The van der Waals surface area contributed by atoms with E-state index in [1.54, 1.807) is 10.9 Å². The molecule has 0 bridgehead atoms. The van der Waals surface area contributed by atoms with Gasteiger partial charge in [0.2, 0.25) is 10.0 Å². The molecular weight excluding hydrogens is 314 g/mol. The van der Waals surface area contributed by atoms with Crippen molar-refractivity contribution in [3.63, 3.8) is 0 Å². The third-order valence-corrected chi connectivity index (χ3v) is 4.90. The largest absolute Gasteiger partial charge is 0.266 e. The minimum absolute atomic E-state index is 0.0153. The van der Waals surface area contributed by atoms with Gasteiger partial charge in [0.25, 0.3) is 0 Å². The summed E-state index contributed by atoms with van der Waals surface area (Å²) in [4.78, 5) is 4.31. The molecule has 2 aromatic heterocycles. The van der Waals surface area contributed by atoms with Crippen molar-refractivity contribution in [2.24, 2.45) is 0 Å². The van der Waals surface area contributed by atoms with Gasteiger partial charge in [0.05, 0.1) is 18.0 Å². The van der Waals surface area contributed by atoms with Crippen LogP contribution in [0.15, 0.2) is 48.7 Å². The van der Waals surface area contributed by atoms with Crippen LogP contribution in [0.1, 0.15) is 0 Å². The first-order chi connectivity index (χ1) is 11.1. The van der Waals surface area contributed by atoms with Gasteiger partial charge in [-0.25, -0.2) is 13.1 Å². The Morgan fingerprint density at radius 1 is 1.04 bits per heavy atom. The van der Waals surface area contributed by atoms with Gasteiger partial charge in [-0.3, -0.25) is 9.71 Å². The lowest BCUT2D eigenvalue weighted by molar-refractivity contribution is 0.570. The van der Waals surface area contributed by atoms with Crippen molar-refractivity contribution >= 4 is 15.8 Å². The number of aryl methyl sites for hydroxylation is 1. The zero-order valence-electron chi connectivity index (χ0n) is 12.0. The first-order valence-electron chi connectivity index (χ1n) is 7.08. The van der Waals surface area contributed by atoms with Crippen LogP contribution >= 0.6 is 0 Å². The molecule has 3 aromatic rings. The highest BCUT2D eigenvalue weighted by Crippen LogP contribution is 2.29. The second kappa shape index (κ2) is 5.17. The van der Waals surface area contributed by atoms with Gasteiger partial charge in [-0.05, 0) is 12.1 Å². The van der Waals surface area contributed by atoms with Crippen LogP contribution in [0.25, 0.3) is 22.5 Å². The Morgan fingerprint density at radius 2 is 1.83 bits per heavy atom. The molecule has 1 aliphatic rings. The first-order valence-corrected chi connectivity index (χ1v) is 8.73. The van der Waals surface area contributed by atoms with Gasteiger partial charge in [0, 0.05) is 17.3 Å². The summed E-state index contributed by atoms with van der Waals surface area (Å²) in [6.45, 7) is 0.309. The third-order valence-electron chi connectivity index (χ3n) is 3.68. The predicted octanol–water partition coefficient (Wildman–Crippen LogP) is 1.76. The van der Waals surface area contributed by atoms with Gasteiger partial charge >= 0.3 is 0 Å². The summed E-state index contributed by atoms with van der Waals surface area (Å²) in [6, 6.07) is 13.4. The molecule has 0 unspecified atom stereocenters. The fourth-order valence-corrected chi connectivity index (χ4v) is 3.51. The van der Waals surface area contributed by atoms with Crippen molar-refractivity contribution in [3.05, 3.63) is 48.7 Å². The van der Waals surface area contributed by atoms with E-state index in [1.165, 1.54) is 0 Å². The molecule has 0 aliphatic carbocycles. The lowest BCUT2D eigenvalue weighted by Gasteiger charge is -2.16. The minimum Gasteiger partial charge on any atom is -0.266 e. The molecule has 23 heavy (non-hydrogen) atoms. The SMILES string of the molecule is O=S1(=O)CCn2nnc(-c3ccc(-c4ccccn4)cc3)c2N1. The zero-order chi connectivity index (χ0) is 15.9. The van der Waals surface area contributed by atoms with Crippen molar-refractivity contribution < 1.29 is 8.42 Å². The second-order valence-electron chi connectivity index (χ2n) is 5.22. The molecule has 7 nitrogen and oxygen atoms in total. The van der Waals surface area contributed by atoms with E-state index in [9.17, 15) is 8.42 Å². The van der Waals surface area contributed by atoms with Crippen molar-refractivity contribution in [2.45, 2.75) is 6.54 Å². The monoisotopic (exact) mass is 327 g/mol. The summed E-state index contributed by atoms with van der Waals surface area (Å²) in [7, 11) is -3.31. The Hall–Kier alpha value is -2.74. The van der Waals surface area contributed by atoms with Crippen molar-refractivity contribution in [3.8, 4) is 22.5 Å². The first kappa shape index (κ1) is 13.9. The topological polar surface area (TPSA) is 89.8 Å². The molecule has 3 heterocycles. The summed E-state index contributed by atoms with van der Waals surface area (Å²) in [6.07, 6.45) is 1.74. The molecule has 1 aliphatic heterocycles. The number of sulfonamides is 1. The average Bonchev–Trinajstić information content (AvgIpc) is 2.97. The van der Waals surface area contributed by atoms with Gasteiger partial charge in [-0.2, -0.15) is 0 Å². The van der Waals surface area contributed by atoms with E-state index in [-0.39, 0.29) is 5.75 Å². The summed E-state index contributed by atoms with van der Waals surface area (Å²) in [5.74, 6) is 0.434. The van der Waals surface area contributed by atoms with Crippen molar-refractivity contribution in [1.82, 2.24) is 20.0 Å². The Balaban J connectivity index is 1.72.